The van der Waals surface area contributed by atoms with Crippen molar-refractivity contribution in [3.8, 4) is 23.0 Å². The summed E-state index contributed by atoms with van der Waals surface area (Å²) in [5.74, 6) is 0.0346. The lowest BCUT2D eigenvalue weighted by atomic mass is 10.1. The van der Waals surface area contributed by atoms with Gasteiger partial charge in [-0.1, -0.05) is 35.4 Å². The number of hydrogen-bond donors (Lipinski definition) is 2. The van der Waals surface area contributed by atoms with Crippen LogP contribution in [0.1, 0.15) is 11.1 Å². The minimum absolute atomic E-state index is 0.199. The van der Waals surface area contributed by atoms with Gasteiger partial charge in [0.05, 0.1) is 24.3 Å². The van der Waals surface area contributed by atoms with Crippen molar-refractivity contribution in [3.05, 3.63) is 45.4 Å². The second-order valence-electron chi connectivity index (χ2n) is 4.41. The van der Waals surface area contributed by atoms with Crippen molar-refractivity contribution >= 4 is 35.4 Å². The summed E-state index contributed by atoms with van der Waals surface area (Å²) in [5.41, 5.74) is 1.16. The predicted molar refractivity (Wildman–Crippen MR) is 88.3 cm³/mol. The monoisotopic (exact) mass is 340 g/mol. The molecule has 0 aliphatic carbocycles. The first-order valence-electron chi connectivity index (χ1n) is 6.28. The number of aromatic hydroxyl groups is 2. The molecule has 0 amide bonds. The maximum atomic E-state index is 9.93. The number of methoxy groups -OCH3 is 2. The van der Waals surface area contributed by atoms with E-state index < -0.39 is 0 Å². The third kappa shape index (κ3) is 3.24. The Bertz CT molecular complexity index is 703. The molecule has 0 spiro atoms. The van der Waals surface area contributed by atoms with E-state index in [-0.39, 0.29) is 17.2 Å². The van der Waals surface area contributed by atoms with Crippen LogP contribution in [-0.4, -0.2) is 24.4 Å². The Kier molecular flexibility index (Phi) is 5.06. The van der Waals surface area contributed by atoms with Gasteiger partial charge in [0.1, 0.15) is 0 Å². The largest absolute Gasteiger partial charge is 0.504 e. The summed E-state index contributed by atoms with van der Waals surface area (Å²) in [7, 11) is 2.89. The molecule has 0 aliphatic rings. The molecule has 0 heterocycles. The first-order valence-corrected chi connectivity index (χ1v) is 7.03. The molecule has 6 heteroatoms. The maximum Gasteiger partial charge on any atom is 0.201 e. The second kappa shape index (κ2) is 6.81. The van der Waals surface area contributed by atoms with Gasteiger partial charge in [-0.3, -0.25) is 0 Å². The van der Waals surface area contributed by atoms with Crippen molar-refractivity contribution in [1.29, 1.82) is 0 Å². The Morgan fingerprint density at radius 1 is 0.909 bits per heavy atom. The highest BCUT2D eigenvalue weighted by atomic mass is 35.5. The molecule has 116 valence electrons. The van der Waals surface area contributed by atoms with Crippen molar-refractivity contribution in [2.45, 2.75) is 0 Å². The fourth-order valence-electron chi connectivity index (χ4n) is 1.93. The zero-order valence-electron chi connectivity index (χ0n) is 11.9. The summed E-state index contributed by atoms with van der Waals surface area (Å²) in [6.45, 7) is 0. The van der Waals surface area contributed by atoms with Gasteiger partial charge in [0, 0.05) is 5.56 Å². The molecular weight excluding hydrogens is 327 g/mol. The number of benzene rings is 2. The van der Waals surface area contributed by atoms with E-state index >= 15 is 0 Å². The van der Waals surface area contributed by atoms with Crippen LogP contribution in [0.25, 0.3) is 12.2 Å². The van der Waals surface area contributed by atoms with Gasteiger partial charge in [-0.15, -0.1) is 0 Å². The molecule has 22 heavy (non-hydrogen) atoms. The Hall–Kier alpha value is -2.04. The third-order valence-electron chi connectivity index (χ3n) is 3.05. The van der Waals surface area contributed by atoms with Crippen LogP contribution in [0, 0.1) is 0 Å². The van der Waals surface area contributed by atoms with Gasteiger partial charge in [0.25, 0.3) is 0 Å². The van der Waals surface area contributed by atoms with Crippen molar-refractivity contribution in [2.24, 2.45) is 0 Å². The molecule has 0 bridgehead atoms. The number of phenolic OH excluding ortho intramolecular Hbond substituents is 2. The number of phenols is 2. The van der Waals surface area contributed by atoms with E-state index in [1.54, 1.807) is 36.4 Å². The normalized spacial score (nSPS) is 10.9. The lowest BCUT2D eigenvalue weighted by Gasteiger charge is -2.08. The number of ether oxygens (including phenoxy) is 2. The summed E-state index contributed by atoms with van der Waals surface area (Å²) >= 11 is 12.1. The van der Waals surface area contributed by atoms with E-state index in [1.165, 1.54) is 14.2 Å². The Morgan fingerprint density at radius 3 is 2.09 bits per heavy atom. The Morgan fingerprint density at radius 2 is 1.55 bits per heavy atom. The van der Waals surface area contributed by atoms with E-state index in [0.717, 1.165) is 5.56 Å². The van der Waals surface area contributed by atoms with E-state index in [9.17, 15) is 10.2 Å². The van der Waals surface area contributed by atoms with Crippen LogP contribution in [0.2, 0.25) is 10.0 Å². The van der Waals surface area contributed by atoms with Crippen LogP contribution < -0.4 is 9.47 Å². The number of hydrogen-bond acceptors (Lipinski definition) is 4. The number of halogens is 2. The summed E-state index contributed by atoms with van der Waals surface area (Å²) in [6, 6.07) is 6.55. The van der Waals surface area contributed by atoms with Gasteiger partial charge in [0.15, 0.2) is 17.2 Å². The average molecular weight is 341 g/mol. The first-order chi connectivity index (χ1) is 10.5. The molecule has 2 N–H and O–H groups in total. The summed E-state index contributed by atoms with van der Waals surface area (Å²) < 4.78 is 10.00. The zero-order valence-corrected chi connectivity index (χ0v) is 13.4. The van der Waals surface area contributed by atoms with Gasteiger partial charge < -0.3 is 19.7 Å². The summed E-state index contributed by atoms with van der Waals surface area (Å²) in [6.07, 6.45) is 3.33. The van der Waals surface area contributed by atoms with Gasteiger partial charge in [-0.05, 0) is 29.8 Å². The van der Waals surface area contributed by atoms with Crippen LogP contribution in [-0.2, 0) is 0 Å². The zero-order chi connectivity index (χ0) is 16.3. The minimum atomic E-state index is -0.310. The van der Waals surface area contributed by atoms with Crippen LogP contribution >= 0.6 is 23.2 Å². The van der Waals surface area contributed by atoms with E-state index in [1.807, 2.05) is 0 Å². The minimum Gasteiger partial charge on any atom is -0.504 e. The maximum absolute atomic E-state index is 9.93. The van der Waals surface area contributed by atoms with Crippen molar-refractivity contribution in [2.75, 3.05) is 14.2 Å². The van der Waals surface area contributed by atoms with Gasteiger partial charge >= 0.3 is 0 Å². The van der Waals surface area contributed by atoms with E-state index in [0.29, 0.717) is 21.4 Å². The highest BCUT2D eigenvalue weighted by Crippen LogP contribution is 2.39. The summed E-state index contributed by atoms with van der Waals surface area (Å²) in [5, 5.41) is 20.5. The lowest BCUT2D eigenvalue weighted by Crippen LogP contribution is -1.87. The van der Waals surface area contributed by atoms with Crippen LogP contribution in [0.5, 0.6) is 23.0 Å². The molecule has 2 aromatic rings. The van der Waals surface area contributed by atoms with E-state index in [2.05, 4.69) is 0 Å². The second-order valence-corrected chi connectivity index (χ2v) is 5.22. The molecule has 0 saturated carbocycles. The van der Waals surface area contributed by atoms with Crippen molar-refractivity contribution in [1.82, 2.24) is 0 Å². The average Bonchev–Trinajstić information content (AvgIpc) is 2.48. The molecule has 2 rings (SSSR count). The SMILES string of the molecule is COc1ccc(C=Cc2cc(Cl)c(OC)c(Cl)c2)c(O)c1O. The fraction of sp³-hybridized carbons (Fsp3) is 0.125. The van der Waals surface area contributed by atoms with Gasteiger partial charge in [-0.25, -0.2) is 0 Å². The molecule has 4 nitrogen and oxygen atoms in total. The van der Waals surface area contributed by atoms with Gasteiger partial charge in [-0.2, -0.15) is 0 Å². The van der Waals surface area contributed by atoms with Crippen LogP contribution in [0.3, 0.4) is 0 Å². The number of rotatable bonds is 4. The quantitative estimate of drug-likeness (QED) is 0.631. The fourth-order valence-corrected chi connectivity index (χ4v) is 2.59. The smallest absolute Gasteiger partial charge is 0.201 e. The first kappa shape index (κ1) is 16.3. The molecule has 0 unspecified atom stereocenters. The van der Waals surface area contributed by atoms with E-state index in [4.69, 9.17) is 32.7 Å². The van der Waals surface area contributed by atoms with Crippen LogP contribution in [0.4, 0.5) is 0 Å². The molecular formula is C16H14Cl2O4. The third-order valence-corrected chi connectivity index (χ3v) is 3.61. The highest BCUT2D eigenvalue weighted by Gasteiger charge is 2.11. The molecule has 0 aliphatic heterocycles. The Labute approximate surface area is 138 Å². The molecule has 0 saturated heterocycles. The lowest BCUT2D eigenvalue weighted by molar-refractivity contribution is 0.350. The van der Waals surface area contributed by atoms with Crippen LogP contribution in [0.15, 0.2) is 24.3 Å². The molecule has 2 aromatic carbocycles. The van der Waals surface area contributed by atoms with Crippen molar-refractivity contribution in [3.63, 3.8) is 0 Å². The molecule has 0 radical (unpaired) electrons. The molecule has 0 atom stereocenters. The van der Waals surface area contributed by atoms with Crippen molar-refractivity contribution < 1.29 is 19.7 Å². The van der Waals surface area contributed by atoms with Gasteiger partial charge in [0.2, 0.25) is 5.75 Å². The highest BCUT2D eigenvalue weighted by molar-refractivity contribution is 6.37. The standard InChI is InChI=1S/C16H14Cl2O4/c1-21-13-6-5-10(14(19)15(13)20)4-3-9-7-11(17)16(22-2)12(18)8-9/h3-8,19-20H,1-2H3. The predicted octanol–water partition coefficient (Wildman–Crippen LogP) is 4.59. The topological polar surface area (TPSA) is 58.9 Å². The summed E-state index contributed by atoms with van der Waals surface area (Å²) in [4.78, 5) is 0. The molecule has 0 fully saturated rings. The Balaban J connectivity index is 2.35. The molecule has 0 aromatic heterocycles.